The number of anilines is 3. The standard InChI is InChI=1S/C22H28N6O3/c1-15(2)31-19-9-5-16(6-10-19)20(29)28-21(23)25-22(26-28)24-17-7-11-18(12-8-17)30-14-13-27(3)4/h5-12,15H,13-14H2,1-4H3,(H3,23,24,25,26). The lowest BCUT2D eigenvalue weighted by Gasteiger charge is -2.11. The van der Waals surface area contributed by atoms with Crippen molar-refractivity contribution in [1.29, 1.82) is 0 Å². The second-order valence-electron chi connectivity index (χ2n) is 7.50. The topological polar surface area (TPSA) is 108 Å². The fraction of sp³-hybridized carbons (Fsp3) is 0.318. The van der Waals surface area contributed by atoms with Gasteiger partial charge in [0.2, 0.25) is 11.9 Å². The molecule has 0 unspecified atom stereocenters. The molecule has 0 aliphatic heterocycles. The van der Waals surface area contributed by atoms with Crippen LogP contribution in [-0.4, -0.2) is 58.9 Å². The third-order valence-electron chi connectivity index (χ3n) is 4.22. The van der Waals surface area contributed by atoms with Crippen LogP contribution in [0.25, 0.3) is 0 Å². The fourth-order valence-electron chi connectivity index (χ4n) is 2.71. The monoisotopic (exact) mass is 424 g/mol. The Morgan fingerprint density at radius 3 is 2.35 bits per heavy atom. The van der Waals surface area contributed by atoms with Crippen molar-refractivity contribution in [2.75, 3.05) is 38.3 Å². The molecule has 31 heavy (non-hydrogen) atoms. The number of nitrogens with two attached hydrogens (primary N) is 1. The van der Waals surface area contributed by atoms with Gasteiger partial charge in [-0.1, -0.05) is 0 Å². The Morgan fingerprint density at radius 2 is 1.74 bits per heavy atom. The maximum Gasteiger partial charge on any atom is 0.281 e. The number of ether oxygens (including phenoxy) is 2. The van der Waals surface area contributed by atoms with Gasteiger partial charge in [-0.25, -0.2) is 0 Å². The molecule has 0 amide bonds. The van der Waals surface area contributed by atoms with Crippen LogP contribution in [0.1, 0.15) is 24.2 Å². The van der Waals surface area contributed by atoms with E-state index in [1.165, 1.54) is 0 Å². The van der Waals surface area contributed by atoms with Crippen LogP contribution in [0, 0.1) is 0 Å². The average molecular weight is 425 g/mol. The number of hydrogen-bond donors (Lipinski definition) is 2. The van der Waals surface area contributed by atoms with Crippen LogP contribution in [0.4, 0.5) is 17.6 Å². The number of hydrogen-bond acceptors (Lipinski definition) is 8. The molecule has 0 bridgehead atoms. The highest BCUT2D eigenvalue weighted by Crippen LogP contribution is 2.20. The number of nitrogen functional groups attached to an aromatic ring is 1. The van der Waals surface area contributed by atoms with Crippen LogP contribution < -0.4 is 20.5 Å². The van der Waals surface area contributed by atoms with Gasteiger partial charge in [0.05, 0.1) is 6.10 Å². The lowest BCUT2D eigenvalue weighted by atomic mass is 10.2. The highest BCUT2D eigenvalue weighted by molar-refractivity contribution is 5.97. The van der Waals surface area contributed by atoms with Crippen LogP contribution in [0.5, 0.6) is 11.5 Å². The fourth-order valence-corrected chi connectivity index (χ4v) is 2.71. The van der Waals surface area contributed by atoms with Crippen molar-refractivity contribution < 1.29 is 14.3 Å². The molecular weight excluding hydrogens is 396 g/mol. The van der Waals surface area contributed by atoms with Crippen molar-refractivity contribution in [3.05, 3.63) is 54.1 Å². The zero-order valence-electron chi connectivity index (χ0n) is 18.2. The Kier molecular flexibility index (Phi) is 7.09. The molecule has 0 atom stereocenters. The van der Waals surface area contributed by atoms with Crippen molar-refractivity contribution >= 4 is 23.5 Å². The lowest BCUT2D eigenvalue weighted by Crippen LogP contribution is -2.19. The van der Waals surface area contributed by atoms with E-state index in [0.717, 1.165) is 22.7 Å². The summed E-state index contributed by atoms with van der Waals surface area (Å²) in [4.78, 5) is 18.9. The zero-order valence-corrected chi connectivity index (χ0v) is 18.2. The Morgan fingerprint density at radius 1 is 1.10 bits per heavy atom. The van der Waals surface area contributed by atoms with Gasteiger partial charge in [-0.15, -0.1) is 5.10 Å². The van der Waals surface area contributed by atoms with Crippen LogP contribution in [0.15, 0.2) is 48.5 Å². The van der Waals surface area contributed by atoms with Gasteiger partial charge in [0.25, 0.3) is 5.91 Å². The molecule has 9 nitrogen and oxygen atoms in total. The van der Waals surface area contributed by atoms with E-state index < -0.39 is 0 Å². The normalized spacial score (nSPS) is 11.0. The van der Waals surface area contributed by atoms with E-state index >= 15 is 0 Å². The second kappa shape index (κ2) is 9.94. The Hall–Kier alpha value is -3.59. The molecule has 3 N–H and O–H groups in total. The minimum atomic E-state index is -0.376. The van der Waals surface area contributed by atoms with Gasteiger partial charge in [-0.05, 0) is 76.5 Å². The first-order chi connectivity index (χ1) is 14.8. The Balaban J connectivity index is 1.64. The quantitative estimate of drug-likeness (QED) is 0.540. The van der Waals surface area contributed by atoms with E-state index in [1.54, 1.807) is 24.3 Å². The maximum absolute atomic E-state index is 12.8. The maximum atomic E-state index is 12.8. The predicted octanol–water partition coefficient (Wildman–Crippen LogP) is 3.02. The summed E-state index contributed by atoms with van der Waals surface area (Å²) in [5.41, 5.74) is 7.09. The van der Waals surface area contributed by atoms with Crippen LogP contribution in [-0.2, 0) is 0 Å². The molecule has 0 saturated heterocycles. The van der Waals surface area contributed by atoms with Crippen molar-refractivity contribution in [2.45, 2.75) is 20.0 Å². The summed E-state index contributed by atoms with van der Waals surface area (Å²) in [5.74, 6) is 1.31. The van der Waals surface area contributed by atoms with E-state index in [1.807, 2.05) is 52.2 Å². The molecule has 0 spiro atoms. The number of benzene rings is 2. The highest BCUT2D eigenvalue weighted by atomic mass is 16.5. The van der Waals surface area contributed by atoms with Gasteiger partial charge >= 0.3 is 0 Å². The molecule has 3 aromatic rings. The minimum Gasteiger partial charge on any atom is -0.492 e. The smallest absolute Gasteiger partial charge is 0.281 e. The third-order valence-corrected chi connectivity index (χ3v) is 4.22. The average Bonchev–Trinajstić information content (AvgIpc) is 3.08. The Labute approximate surface area is 181 Å². The number of nitrogens with one attached hydrogen (secondary N) is 1. The van der Waals surface area contributed by atoms with E-state index in [0.29, 0.717) is 17.9 Å². The van der Waals surface area contributed by atoms with Gasteiger partial charge in [0, 0.05) is 17.8 Å². The van der Waals surface area contributed by atoms with E-state index in [9.17, 15) is 4.79 Å². The largest absolute Gasteiger partial charge is 0.492 e. The number of likely N-dealkylation sites (N-methyl/N-ethyl adjacent to an activating group) is 1. The first-order valence-electron chi connectivity index (χ1n) is 10.0. The van der Waals surface area contributed by atoms with Crippen molar-refractivity contribution in [1.82, 2.24) is 19.7 Å². The van der Waals surface area contributed by atoms with E-state index in [4.69, 9.17) is 15.2 Å². The number of nitrogens with zero attached hydrogens (tertiary/aromatic N) is 4. The molecule has 0 aliphatic rings. The van der Waals surface area contributed by atoms with Gasteiger partial charge < -0.3 is 25.4 Å². The van der Waals surface area contributed by atoms with Gasteiger partial charge in [0.15, 0.2) is 0 Å². The lowest BCUT2D eigenvalue weighted by molar-refractivity contribution is 0.0948. The van der Waals surface area contributed by atoms with E-state index in [-0.39, 0.29) is 23.9 Å². The molecule has 2 aromatic carbocycles. The zero-order chi connectivity index (χ0) is 22.4. The van der Waals surface area contributed by atoms with Crippen molar-refractivity contribution in [3.63, 3.8) is 0 Å². The summed E-state index contributed by atoms with van der Waals surface area (Å²) < 4.78 is 12.3. The van der Waals surface area contributed by atoms with Gasteiger partial charge in [-0.2, -0.15) is 9.67 Å². The molecule has 0 radical (unpaired) electrons. The number of carbonyl (C=O) groups excluding carboxylic acids is 1. The van der Waals surface area contributed by atoms with Gasteiger partial charge in [-0.3, -0.25) is 4.79 Å². The number of aromatic nitrogens is 3. The first-order valence-corrected chi connectivity index (χ1v) is 10.0. The van der Waals surface area contributed by atoms with Crippen LogP contribution >= 0.6 is 0 Å². The van der Waals surface area contributed by atoms with E-state index in [2.05, 4.69) is 20.3 Å². The summed E-state index contributed by atoms with van der Waals surface area (Å²) in [6, 6.07) is 14.2. The summed E-state index contributed by atoms with van der Waals surface area (Å²) in [7, 11) is 3.99. The third kappa shape index (κ3) is 6.19. The molecule has 1 aromatic heterocycles. The SMILES string of the molecule is CC(C)Oc1ccc(C(=O)n2nc(Nc3ccc(OCCN(C)C)cc3)nc2N)cc1. The van der Waals surface area contributed by atoms with Crippen molar-refractivity contribution in [3.8, 4) is 11.5 Å². The van der Waals surface area contributed by atoms with Crippen molar-refractivity contribution in [2.24, 2.45) is 0 Å². The molecular formula is C22H28N6O3. The highest BCUT2D eigenvalue weighted by Gasteiger charge is 2.16. The molecule has 9 heteroatoms. The molecule has 0 aliphatic carbocycles. The first kappa shape index (κ1) is 22.1. The number of carbonyl (C=O) groups is 1. The molecule has 3 rings (SSSR count). The molecule has 0 saturated carbocycles. The summed E-state index contributed by atoms with van der Waals surface area (Å²) in [6.07, 6.45) is 0.0554. The molecule has 0 fully saturated rings. The van der Waals surface area contributed by atoms with Gasteiger partial charge in [0.1, 0.15) is 18.1 Å². The summed E-state index contributed by atoms with van der Waals surface area (Å²) >= 11 is 0. The van der Waals surface area contributed by atoms with Crippen LogP contribution in [0.3, 0.4) is 0 Å². The molecule has 1 heterocycles. The summed E-state index contributed by atoms with van der Waals surface area (Å²) in [5, 5.41) is 7.24. The van der Waals surface area contributed by atoms with Crippen LogP contribution in [0.2, 0.25) is 0 Å². The second-order valence-corrected chi connectivity index (χ2v) is 7.50. The predicted molar refractivity (Wildman–Crippen MR) is 120 cm³/mol. The Bertz CT molecular complexity index is 997. The molecule has 164 valence electrons. The minimum absolute atomic E-state index is 0.00125. The summed E-state index contributed by atoms with van der Waals surface area (Å²) in [6.45, 7) is 5.32. The number of rotatable bonds is 9.